The molecule has 0 spiro atoms. The lowest BCUT2D eigenvalue weighted by molar-refractivity contribution is 0.0714. The highest BCUT2D eigenvalue weighted by molar-refractivity contribution is 6.31. The molecule has 0 unspecified atom stereocenters. The lowest BCUT2D eigenvalue weighted by Gasteiger charge is -2.26. The largest absolute Gasteiger partial charge is 0.331 e. The molecular weight excluding hydrogens is 413 g/mol. The van der Waals surface area contributed by atoms with Crippen molar-refractivity contribution in [3.8, 4) is 0 Å². The summed E-state index contributed by atoms with van der Waals surface area (Å²) in [6.45, 7) is 6.96. The van der Waals surface area contributed by atoms with E-state index in [4.69, 9.17) is 16.6 Å². The Labute approximate surface area is 188 Å². The molecule has 1 fully saturated rings. The summed E-state index contributed by atoms with van der Waals surface area (Å²) in [5.41, 5.74) is 3.10. The number of halogens is 2. The zero-order valence-corrected chi connectivity index (χ0v) is 19.1. The van der Waals surface area contributed by atoms with Crippen molar-refractivity contribution in [2.75, 3.05) is 6.54 Å². The second-order valence-corrected chi connectivity index (χ2v) is 9.44. The SMILES string of the molecule is Cc1ccc(F)cc1C(=O)N(Cc1nc2ccc(Cl)cc2n1C1CCCC1)CC(C)C. The highest BCUT2D eigenvalue weighted by Crippen LogP contribution is 2.35. The number of hydrogen-bond acceptors (Lipinski definition) is 2. The fraction of sp³-hybridized carbons (Fsp3) is 0.440. The topological polar surface area (TPSA) is 38.1 Å². The number of carbonyl (C=O) groups is 1. The Kier molecular flexibility index (Phi) is 6.33. The third kappa shape index (κ3) is 4.62. The molecule has 1 saturated carbocycles. The molecule has 0 bridgehead atoms. The smallest absolute Gasteiger partial charge is 0.254 e. The zero-order chi connectivity index (χ0) is 22.1. The minimum absolute atomic E-state index is 0.159. The number of nitrogens with zero attached hydrogens (tertiary/aromatic N) is 3. The van der Waals surface area contributed by atoms with Crippen LogP contribution in [-0.4, -0.2) is 26.9 Å². The maximum absolute atomic E-state index is 13.9. The van der Waals surface area contributed by atoms with Gasteiger partial charge in [0.2, 0.25) is 0 Å². The Morgan fingerprint density at radius 2 is 1.97 bits per heavy atom. The lowest BCUT2D eigenvalue weighted by Crippen LogP contribution is -2.35. The van der Waals surface area contributed by atoms with E-state index >= 15 is 0 Å². The van der Waals surface area contributed by atoms with Crippen molar-refractivity contribution in [2.24, 2.45) is 5.92 Å². The van der Waals surface area contributed by atoms with Gasteiger partial charge in [-0.1, -0.05) is 44.4 Å². The van der Waals surface area contributed by atoms with Gasteiger partial charge in [-0.25, -0.2) is 9.37 Å². The molecule has 0 aliphatic heterocycles. The Morgan fingerprint density at radius 1 is 1.23 bits per heavy atom. The van der Waals surface area contributed by atoms with Crippen molar-refractivity contribution in [1.29, 1.82) is 0 Å². The number of fused-ring (bicyclic) bond motifs is 1. The molecule has 1 aliphatic carbocycles. The quantitative estimate of drug-likeness (QED) is 0.435. The average Bonchev–Trinajstić information content (AvgIpc) is 3.35. The number of aryl methyl sites for hydroxylation is 1. The van der Waals surface area contributed by atoms with Crippen molar-refractivity contribution in [2.45, 2.75) is 59.0 Å². The molecule has 164 valence electrons. The van der Waals surface area contributed by atoms with Crippen LogP contribution in [-0.2, 0) is 6.54 Å². The summed E-state index contributed by atoms with van der Waals surface area (Å²) in [5.74, 6) is 0.587. The van der Waals surface area contributed by atoms with Crippen molar-refractivity contribution in [3.63, 3.8) is 0 Å². The molecule has 0 N–H and O–H groups in total. The molecule has 4 rings (SSSR count). The van der Waals surface area contributed by atoms with Crippen molar-refractivity contribution in [3.05, 3.63) is 64.2 Å². The summed E-state index contributed by atoms with van der Waals surface area (Å²) in [6, 6.07) is 10.5. The van der Waals surface area contributed by atoms with Crippen LogP contribution in [0.2, 0.25) is 5.02 Å². The Bertz CT molecular complexity index is 1100. The Morgan fingerprint density at radius 3 is 2.68 bits per heavy atom. The van der Waals surface area contributed by atoms with E-state index in [9.17, 15) is 9.18 Å². The maximum Gasteiger partial charge on any atom is 0.254 e. The molecular formula is C25H29ClFN3O. The molecule has 6 heteroatoms. The van der Waals surface area contributed by atoms with E-state index in [1.807, 2.05) is 25.1 Å². The molecule has 0 saturated heterocycles. The van der Waals surface area contributed by atoms with Crippen LogP contribution in [0.4, 0.5) is 4.39 Å². The summed E-state index contributed by atoms with van der Waals surface area (Å²) in [5, 5.41) is 0.684. The first-order valence-corrected chi connectivity index (χ1v) is 11.4. The van der Waals surface area contributed by atoms with E-state index in [1.54, 1.807) is 11.0 Å². The van der Waals surface area contributed by atoms with Crippen LogP contribution in [0.15, 0.2) is 36.4 Å². The second-order valence-electron chi connectivity index (χ2n) is 9.01. The standard InChI is InChI=1S/C25H29ClFN3O/c1-16(2)14-29(25(31)21-13-19(27)10-8-17(21)3)15-24-28-22-11-9-18(26)12-23(22)30(24)20-6-4-5-7-20/h8-13,16,20H,4-7,14-15H2,1-3H3. The van der Waals surface area contributed by atoms with E-state index in [-0.39, 0.29) is 11.8 Å². The van der Waals surface area contributed by atoms with E-state index < -0.39 is 5.82 Å². The van der Waals surface area contributed by atoms with Gasteiger partial charge in [-0.15, -0.1) is 0 Å². The molecule has 0 radical (unpaired) electrons. The third-order valence-electron chi connectivity index (χ3n) is 6.05. The number of carbonyl (C=O) groups excluding carboxylic acids is 1. The van der Waals surface area contributed by atoms with Crippen LogP contribution < -0.4 is 0 Å². The number of benzene rings is 2. The highest BCUT2D eigenvalue weighted by atomic mass is 35.5. The second kappa shape index (κ2) is 8.99. The van der Waals surface area contributed by atoms with Crippen LogP contribution >= 0.6 is 11.6 Å². The van der Waals surface area contributed by atoms with Gasteiger partial charge in [0.15, 0.2) is 0 Å². The fourth-order valence-corrected chi connectivity index (χ4v) is 4.79. The summed E-state index contributed by atoms with van der Waals surface area (Å²) in [4.78, 5) is 20.2. The number of imidazole rings is 1. The normalized spacial score (nSPS) is 14.6. The molecule has 1 aromatic heterocycles. The van der Waals surface area contributed by atoms with Crippen LogP contribution in [0.25, 0.3) is 11.0 Å². The van der Waals surface area contributed by atoms with E-state index in [0.717, 1.165) is 35.3 Å². The predicted octanol–water partition coefficient (Wildman–Crippen LogP) is 6.55. The van der Waals surface area contributed by atoms with Gasteiger partial charge in [0.05, 0.1) is 17.6 Å². The first-order chi connectivity index (χ1) is 14.8. The summed E-state index contributed by atoms with van der Waals surface area (Å²) in [7, 11) is 0. The van der Waals surface area contributed by atoms with Gasteiger partial charge >= 0.3 is 0 Å². The maximum atomic E-state index is 13.9. The predicted molar refractivity (Wildman–Crippen MR) is 123 cm³/mol. The average molecular weight is 442 g/mol. The number of rotatable bonds is 6. The van der Waals surface area contributed by atoms with Crippen LogP contribution in [0.3, 0.4) is 0 Å². The molecule has 1 aliphatic rings. The Balaban J connectivity index is 1.75. The minimum Gasteiger partial charge on any atom is -0.331 e. The molecule has 1 heterocycles. The lowest BCUT2D eigenvalue weighted by atomic mass is 10.1. The summed E-state index contributed by atoms with van der Waals surface area (Å²) < 4.78 is 16.2. The van der Waals surface area contributed by atoms with Crippen molar-refractivity contribution < 1.29 is 9.18 Å². The molecule has 2 aromatic carbocycles. The Hall–Kier alpha value is -2.40. The molecule has 0 atom stereocenters. The van der Waals surface area contributed by atoms with Gasteiger partial charge in [0, 0.05) is 23.2 Å². The molecule has 1 amide bonds. The first kappa shape index (κ1) is 21.8. The van der Waals surface area contributed by atoms with E-state index in [2.05, 4.69) is 18.4 Å². The van der Waals surface area contributed by atoms with Crippen LogP contribution in [0, 0.1) is 18.7 Å². The highest BCUT2D eigenvalue weighted by Gasteiger charge is 2.26. The van der Waals surface area contributed by atoms with Crippen LogP contribution in [0.1, 0.15) is 67.3 Å². The van der Waals surface area contributed by atoms with Gasteiger partial charge < -0.3 is 9.47 Å². The molecule has 31 heavy (non-hydrogen) atoms. The van der Waals surface area contributed by atoms with Gasteiger partial charge in [-0.3, -0.25) is 4.79 Å². The summed E-state index contributed by atoms with van der Waals surface area (Å²) >= 11 is 6.30. The number of amides is 1. The van der Waals surface area contributed by atoms with E-state index in [0.29, 0.717) is 29.7 Å². The summed E-state index contributed by atoms with van der Waals surface area (Å²) in [6.07, 6.45) is 4.60. The molecule has 4 nitrogen and oxygen atoms in total. The zero-order valence-electron chi connectivity index (χ0n) is 18.4. The van der Waals surface area contributed by atoms with Gasteiger partial charge in [0.25, 0.3) is 5.91 Å². The fourth-order valence-electron chi connectivity index (χ4n) is 4.62. The van der Waals surface area contributed by atoms with Crippen molar-refractivity contribution in [1.82, 2.24) is 14.5 Å². The van der Waals surface area contributed by atoms with Gasteiger partial charge in [-0.05, 0) is 61.6 Å². The van der Waals surface area contributed by atoms with Crippen molar-refractivity contribution >= 4 is 28.5 Å². The van der Waals surface area contributed by atoms with Gasteiger partial charge in [0.1, 0.15) is 11.6 Å². The minimum atomic E-state index is -0.397. The number of hydrogen-bond donors (Lipinski definition) is 0. The van der Waals surface area contributed by atoms with Gasteiger partial charge in [-0.2, -0.15) is 0 Å². The molecule has 3 aromatic rings. The third-order valence-corrected chi connectivity index (χ3v) is 6.28. The van der Waals surface area contributed by atoms with Crippen LogP contribution in [0.5, 0.6) is 0 Å². The number of aromatic nitrogens is 2. The van der Waals surface area contributed by atoms with E-state index in [1.165, 1.54) is 25.0 Å². The monoisotopic (exact) mass is 441 g/mol. The first-order valence-electron chi connectivity index (χ1n) is 11.0.